The van der Waals surface area contributed by atoms with Gasteiger partial charge in [-0.05, 0) is 35.7 Å². The maximum absolute atomic E-state index is 12.5. The number of fused-ring (bicyclic) bond motifs is 1. The maximum atomic E-state index is 12.5. The second-order valence-electron chi connectivity index (χ2n) is 7.13. The van der Waals surface area contributed by atoms with E-state index in [1.807, 2.05) is 58.1 Å². The van der Waals surface area contributed by atoms with E-state index in [9.17, 15) is 9.59 Å². The fourth-order valence-corrected chi connectivity index (χ4v) is 3.81. The molecule has 0 aliphatic carbocycles. The normalized spacial score (nSPS) is 14.2. The van der Waals surface area contributed by atoms with Crippen molar-refractivity contribution in [3.05, 3.63) is 65.8 Å². The molecule has 3 aromatic rings. The molecule has 1 aliphatic heterocycles. The first kappa shape index (κ1) is 19.3. The SMILES string of the molecule is O=C(Cn1ccc2ccc(Cl)cc21)NCC(=O)N1CCN(c2ccccc2)CC1. The number of nitrogens with zero attached hydrogens (tertiary/aromatic N) is 3. The van der Waals surface area contributed by atoms with Crippen LogP contribution in [0.3, 0.4) is 0 Å². The second kappa shape index (κ2) is 8.57. The number of benzene rings is 2. The van der Waals surface area contributed by atoms with Gasteiger partial charge in [0.15, 0.2) is 0 Å². The molecule has 7 heteroatoms. The number of carbonyl (C=O) groups excluding carboxylic acids is 2. The third-order valence-corrected chi connectivity index (χ3v) is 5.48. The summed E-state index contributed by atoms with van der Waals surface area (Å²) in [5.74, 6) is -0.245. The summed E-state index contributed by atoms with van der Waals surface area (Å²) in [5.41, 5.74) is 2.07. The van der Waals surface area contributed by atoms with Crippen molar-refractivity contribution in [1.29, 1.82) is 0 Å². The van der Waals surface area contributed by atoms with Gasteiger partial charge in [-0.3, -0.25) is 9.59 Å². The lowest BCUT2D eigenvalue weighted by Gasteiger charge is -2.36. The Balaban J connectivity index is 1.26. The van der Waals surface area contributed by atoms with Gasteiger partial charge in [0.2, 0.25) is 11.8 Å². The molecule has 6 nitrogen and oxygen atoms in total. The van der Waals surface area contributed by atoms with E-state index in [1.165, 1.54) is 5.69 Å². The van der Waals surface area contributed by atoms with Gasteiger partial charge in [0.05, 0.1) is 6.54 Å². The molecule has 1 N–H and O–H groups in total. The number of carbonyl (C=O) groups is 2. The van der Waals surface area contributed by atoms with Crippen LogP contribution in [0, 0.1) is 0 Å². The lowest BCUT2D eigenvalue weighted by molar-refractivity contribution is -0.133. The molecule has 0 unspecified atom stereocenters. The van der Waals surface area contributed by atoms with E-state index in [0.29, 0.717) is 18.1 Å². The first-order valence-corrected chi connectivity index (χ1v) is 10.1. The predicted octanol–water partition coefficient (Wildman–Crippen LogP) is 2.76. The number of hydrogen-bond donors (Lipinski definition) is 1. The van der Waals surface area contributed by atoms with Gasteiger partial charge >= 0.3 is 0 Å². The van der Waals surface area contributed by atoms with Gasteiger partial charge in [-0.15, -0.1) is 0 Å². The zero-order chi connectivity index (χ0) is 20.2. The minimum absolute atomic E-state index is 0.0180. The quantitative estimate of drug-likeness (QED) is 0.703. The third-order valence-electron chi connectivity index (χ3n) is 5.24. The van der Waals surface area contributed by atoms with Gasteiger partial charge < -0.3 is 19.7 Å². The predicted molar refractivity (Wildman–Crippen MR) is 115 cm³/mol. The number of para-hydroxylation sites is 1. The number of hydrogen-bond acceptors (Lipinski definition) is 3. The Bertz CT molecular complexity index is 1010. The largest absolute Gasteiger partial charge is 0.368 e. The number of piperazine rings is 1. The first-order chi connectivity index (χ1) is 14.1. The van der Waals surface area contributed by atoms with Crippen molar-refractivity contribution in [3.63, 3.8) is 0 Å². The highest BCUT2D eigenvalue weighted by atomic mass is 35.5. The number of aromatic nitrogens is 1. The summed E-state index contributed by atoms with van der Waals surface area (Å²) in [6.07, 6.45) is 1.85. The van der Waals surface area contributed by atoms with Crippen molar-refractivity contribution in [2.75, 3.05) is 37.6 Å². The molecule has 2 aromatic carbocycles. The Morgan fingerprint density at radius 3 is 2.48 bits per heavy atom. The summed E-state index contributed by atoms with van der Waals surface area (Å²) >= 11 is 6.05. The molecule has 2 amide bonds. The zero-order valence-corrected chi connectivity index (χ0v) is 16.8. The number of rotatable bonds is 5. The molecule has 0 bridgehead atoms. The molecule has 1 fully saturated rings. The summed E-state index contributed by atoms with van der Waals surface area (Å²) in [6, 6.07) is 17.7. The lowest BCUT2D eigenvalue weighted by atomic mass is 10.2. The number of anilines is 1. The fraction of sp³-hybridized carbons (Fsp3) is 0.273. The Morgan fingerprint density at radius 1 is 0.966 bits per heavy atom. The van der Waals surface area contributed by atoms with E-state index in [-0.39, 0.29) is 24.9 Å². The minimum Gasteiger partial charge on any atom is -0.368 e. The highest BCUT2D eigenvalue weighted by Crippen LogP contribution is 2.20. The Labute approximate surface area is 174 Å². The van der Waals surface area contributed by atoms with Crippen molar-refractivity contribution in [3.8, 4) is 0 Å². The molecule has 2 heterocycles. The average Bonchev–Trinajstić information content (AvgIpc) is 3.14. The van der Waals surface area contributed by atoms with Crippen molar-refractivity contribution >= 4 is 40.0 Å². The van der Waals surface area contributed by atoms with Gasteiger partial charge in [0.25, 0.3) is 0 Å². The van der Waals surface area contributed by atoms with Crippen LogP contribution in [0.25, 0.3) is 10.9 Å². The molecule has 0 saturated carbocycles. The summed E-state index contributed by atoms with van der Waals surface area (Å²) in [5, 5.41) is 4.39. The monoisotopic (exact) mass is 410 g/mol. The molecular formula is C22H23ClN4O2. The van der Waals surface area contributed by atoms with Gasteiger partial charge in [0.1, 0.15) is 6.54 Å². The van der Waals surface area contributed by atoms with Crippen LogP contribution < -0.4 is 10.2 Å². The van der Waals surface area contributed by atoms with Crippen molar-refractivity contribution in [1.82, 2.24) is 14.8 Å². The minimum atomic E-state index is -0.196. The van der Waals surface area contributed by atoms with Crippen molar-refractivity contribution < 1.29 is 9.59 Å². The zero-order valence-electron chi connectivity index (χ0n) is 16.1. The maximum Gasteiger partial charge on any atom is 0.242 e. The van der Waals surface area contributed by atoms with Crippen LogP contribution in [0.4, 0.5) is 5.69 Å². The average molecular weight is 411 g/mol. The molecule has 150 valence electrons. The highest BCUT2D eigenvalue weighted by molar-refractivity contribution is 6.31. The van der Waals surface area contributed by atoms with Crippen LogP contribution in [0.5, 0.6) is 0 Å². The standard InChI is InChI=1S/C22H23ClN4O2/c23-18-7-6-17-8-9-27(20(17)14-18)16-21(28)24-15-22(29)26-12-10-25(11-13-26)19-4-2-1-3-5-19/h1-9,14H,10-13,15-16H2,(H,24,28). The fourth-order valence-electron chi connectivity index (χ4n) is 3.64. The molecule has 0 atom stereocenters. The molecule has 29 heavy (non-hydrogen) atoms. The number of nitrogens with one attached hydrogen (secondary N) is 1. The first-order valence-electron chi connectivity index (χ1n) is 9.69. The lowest BCUT2D eigenvalue weighted by Crippen LogP contribution is -2.51. The van der Waals surface area contributed by atoms with E-state index in [4.69, 9.17) is 11.6 Å². The van der Waals surface area contributed by atoms with Crippen LogP contribution >= 0.6 is 11.6 Å². The topological polar surface area (TPSA) is 57.6 Å². The Kier molecular flexibility index (Phi) is 5.71. The van der Waals surface area contributed by atoms with E-state index >= 15 is 0 Å². The molecule has 0 radical (unpaired) electrons. The molecule has 0 spiro atoms. The Hall–Kier alpha value is -2.99. The van der Waals surface area contributed by atoms with E-state index in [2.05, 4.69) is 22.3 Å². The summed E-state index contributed by atoms with van der Waals surface area (Å²) in [7, 11) is 0. The van der Waals surface area contributed by atoms with Crippen LogP contribution in [-0.2, 0) is 16.1 Å². The van der Waals surface area contributed by atoms with Gasteiger partial charge in [-0.2, -0.15) is 0 Å². The van der Waals surface area contributed by atoms with Crippen LogP contribution in [0.15, 0.2) is 60.8 Å². The van der Waals surface area contributed by atoms with Crippen LogP contribution in [-0.4, -0.2) is 54.0 Å². The van der Waals surface area contributed by atoms with Crippen LogP contribution in [0.1, 0.15) is 0 Å². The summed E-state index contributed by atoms with van der Waals surface area (Å²) in [4.78, 5) is 28.9. The van der Waals surface area contributed by atoms with Crippen molar-refractivity contribution in [2.45, 2.75) is 6.54 Å². The van der Waals surface area contributed by atoms with E-state index in [0.717, 1.165) is 24.0 Å². The van der Waals surface area contributed by atoms with E-state index < -0.39 is 0 Å². The highest BCUT2D eigenvalue weighted by Gasteiger charge is 2.21. The Morgan fingerprint density at radius 2 is 1.72 bits per heavy atom. The molecule has 4 rings (SSSR count). The smallest absolute Gasteiger partial charge is 0.242 e. The third kappa shape index (κ3) is 4.54. The molecular weight excluding hydrogens is 388 g/mol. The van der Waals surface area contributed by atoms with Gasteiger partial charge in [-0.1, -0.05) is 35.9 Å². The van der Waals surface area contributed by atoms with Crippen molar-refractivity contribution in [2.24, 2.45) is 0 Å². The van der Waals surface area contributed by atoms with Gasteiger partial charge in [-0.25, -0.2) is 0 Å². The second-order valence-corrected chi connectivity index (χ2v) is 7.56. The summed E-state index contributed by atoms with van der Waals surface area (Å²) < 4.78 is 1.83. The van der Waals surface area contributed by atoms with Gasteiger partial charge in [0, 0.05) is 48.6 Å². The molecule has 1 aromatic heterocycles. The number of amides is 2. The molecule has 1 saturated heterocycles. The molecule has 1 aliphatic rings. The van der Waals surface area contributed by atoms with E-state index in [1.54, 1.807) is 0 Å². The number of halogens is 1. The summed E-state index contributed by atoms with van der Waals surface area (Å²) in [6.45, 7) is 3.07. The van der Waals surface area contributed by atoms with Crippen LogP contribution in [0.2, 0.25) is 5.02 Å².